The third-order valence-electron chi connectivity index (χ3n) is 2.99. The molecule has 0 saturated carbocycles. The largest absolute Gasteiger partial charge is 0.349 e. The van der Waals surface area contributed by atoms with Crippen molar-refractivity contribution in [3.05, 3.63) is 0 Å². The third-order valence-corrected chi connectivity index (χ3v) is 5.14. The van der Waals surface area contributed by atoms with Crippen LogP contribution in [0, 0.1) is 11.8 Å². The summed E-state index contributed by atoms with van der Waals surface area (Å²) < 4.78 is 0. The van der Waals surface area contributed by atoms with Crippen molar-refractivity contribution in [3.8, 4) is 0 Å². The second kappa shape index (κ2) is 6.89. The highest BCUT2D eigenvalue weighted by molar-refractivity contribution is 9.09. The van der Waals surface area contributed by atoms with Gasteiger partial charge < -0.3 is 5.32 Å². The van der Waals surface area contributed by atoms with Crippen LogP contribution < -0.4 is 5.32 Å². The SMILES string of the molecule is CCC(CBr)(CBr)NC(=O)C(C)C(C)C. The van der Waals surface area contributed by atoms with Gasteiger partial charge in [-0.05, 0) is 12.3 Å². The fourth-order valence-corrected chi connectivity index (χ4v) is 3.06. The van der Waals surface area contributed by atoms with E-state index in [-0.39, 0.29) is 17.4 Å². The Morgan fingerprint density at radius 2 is 1.73 bits per heavy atom. The lowest BCUT2D eigenvalue weighted by atomic mass is 9.94. The van der Waals surface area contributed by atoms with Crippen molar-refractivity contribution in [2.75, 3.05) is 10.7 Å². The number of hydrogen-bond acceptors (Lipinski definition) is 1. The molecule has 0 heterocycles. The smallest absolute Gasteiger partial charge is 0.223 e. The molecule has 1 unspecified atom stereocenters. The number of carbonyl (C=O) groups is 1. The fraction of sp³-hybridized carbons (Fsp3) is 0.909. The maximum absolute atomic E-state index is 11.9. The molecule has 0 spiro atoms. The zero-order valence-electron chi connectivity index (χ0n) is 9.94. The maximum Gasteiger partial charge on any atom is 0.223 e. The van der Waals surface area contributed by atoms with Gasteiger partial charge in [0.1, 0.15) is 0 Å². The average Bonchev–Trinajstić information content (AvgIpc) is 2.24. The van der Waals surface area contributed by atoms with E-state index in [1.54, 1.807) is 0 Å². The van der Waals surface area contributed by atoms with Gasteiger partial charge in [0.15, 0.2) is 0 Å². The first-order valence-electron chi connectivity index (χ1n) is 5.36. The Hall–Kier alpha value is 0.430. The Kier molecular flexibility index (Phi) is 7.09. The topological polar surface area (TPSA) is 29.1 Å². The molecule has 1 N–H and O–H groups in total. The predicted octanol–water partition coefficient (Wildman–Crippen LogP) is 3.33. The van der Waals surface area contributed by atoms with Crippen molar-refractivity contribution < 1.29 is 4.79 Å². The van der Waals surface area contributed by atoms with Crippen LogP contribution in [0.1, 0.15) is 34.1 Å². The summed E-state index contributed by atoms with van der Waals surface area (Å²) in [4.78, 5) is 11.9. The van der Waals surface area contributed by atoms with Crippen LogP contribution >= 0.6 is 31.9 Å². The number of alkyl halides is 2. The summed E-state index contributed by atoms with van der Waals surface area (Å²) in [5, 5.41) is 4.68. The fourth-order valence-electron chi connectivity index (χ4n) is 1.06. The molecule has 1 atom stereocenters. The Balaban J connectivity index is 4.48. The van der Waals surface area contributed by atoms with E-state index in [1.165, 1.54) is 0 Å². The molecule has 0 bridgehead atoms. The third kappa shape index (κ3) is 4.43. The molecule has 0 fully saturated rings. The molecule has 0 aliphatic carbocycles. The van der Waals surface area contributed by atoms with Crippen molar-refractivity contribution in [1.29, 1.82) is 0 Å². The highest BCUT2D eigenvalue weighted by Gasteiger charge is 2.30. The monoisotopic (exact) mass is 341 g/mol. The average molecular weight is 343 g/mol. The zero-order chi connectivity index (χ0) is 12.1. The summed E-state index contributed by atoms with van der Waals surface area (Å²) in [5.74, 6) is 0.588. The number of rotatable bonds is 6. The van der Waals surface area contributed by atoms with Crippen LogP contribution in [0.4, 0.5) is 0 Å². The molecule has 0 aromatic heterocycles. The zero-order valence-corrected chi connectivity index (χ0v) is 13.1. The molecule has 0 aromatic rings. The van der Waals surface area contributed by atoms with Gasteiger partial charge in [0.05, 0.1) is 5.54 Å². The van der Waals surface area contributed by atoms with Crippen molar-refractivity contribution in [1.82, 2.24) is 5.32 Å². The Bertz CT molecular complexity index is 194. The van der Waals surface area contributed by atoms with Gasteiger partial charge in [-0.15, -0.1) is 0 Å². The second-order valence-corrected chi connectivity index (χ2v) is 5.54. The standard InChI is InChI=1S/C11H21Br2NO/c1-5-11(6-12,7-13)14-10(15)9(4)8(2)3/h8-9H,5-7H2,1-4H3,(H,14,15). The van der Waals surface area contributed by atoms with Gasteiger partial charge in [0.25, 0.3) is 0 Å². The van der Waals surface area contributed by atoms with Crippen LogP contribution in [0.3, 0.4) is 0 Å². The molecule has 0 saturated heterocycles. The lowest BCUT2D eigenvalue weighted by Crippen LogP contribution is -2.53. The minimum absolute atomic E-state index is 0.0639. The second-order valence-electron chi connectivity index (χ2n) is 4.42. The molecular formula is C11H21Br2NO. The first kappa shape index (κ1) is 15.4. The van der Waals surface area contributed by atoms with Gasteiger partial charge in [-0.2, -0.15) is 0 Å². The van der Waals surface area contributed by atoms with Crippen molar-refractivity contribution in [3.63, 3.8) is 0 Å². The highest BCUT2D eigenvalue weighted by Crippen LogP contribution is 2.19. The minimum Gasteiger partial charge on any atom is -0.349 e. The number of carbonyl (C=O) groups excluding carboxylic acids is 1. The van der Waals surface area contributed by atoms with Gasteiger partial charge >= 0.3 is 0 Å². The van der Waals surface area contributed by atoms with E-state index < -0.39 is 0 Å². The van der Waals surface area contributed by atoms with E-state index in [0.717, 1.165) is 17.1 Å². The van der Waals surface area contributed by atoms with Crippen LogP contribution in [-0.2, 0) is 4.79 Å². The quantitative estimate of drug-likeness (QED) is 0.737. The summed E-state index contributed by atoms with van der Waals surface area (Å²) in [6.45, 7) is 8.20. The normalized spacial score (nSPS) is 14.1. The van der Waals surface area contributed by atoms with Crippen LogP contribution in [0.15, 0.2) is 0 Å². The summed E-state index contributed by atoms with van der Waals surface area (Å²) in [6, 6.07) is 0. The minimum atomic E-state index is -0.153. The molecule has 2 nitrogen and oxygen atoms in total. The predicted molar refractivity (Wildman–Crippen MR) is 72.8 cm³/mol. The number of halogens is 2. The number of hydrogen-bond donors (Lipinski definition) is 1. The summed E-state index contributed by atoms with van der Waals surface area (Å²) in [7, 11) is 0. The molecule has 4 heteroatoms. The number of amides is 1. The van der Waals surface area contributed by atoms with Gasteiger partial charge in [0.2, 0.25) is 5.91 Å². The Labute approximate surface area is 110 Å². The summed E-state index contributed by atoms with van der Waals surface area (Å²) >= 11 is 6.93. The van der Waals surface area contributed by atoms with E-state index in [0.29, 0.717) is 5.92 Å². The van der Waals surface area contributed by atoms with E-state index in [4.69, 9.17) is 0 Å². The van der Waals surface area contributed by atoms with E-state index in [2.05, 4.69) is 57.9 Å². The molecule has 1 amide bonds. The molecule has 0 rings (SSSR count). The van der Waals surface area contributed by atoms with Crippen molar-refractivity contribution in [2.24, 2.45) is 11.8 Å². The lowest BCUT2D eigenvalue weighted by Gasteiger charge is -2.32. The maximum atomic E-state index is 11.9. The van der Waals surface area contributed by atoms with Gasteiger partial charge in [0, 0.05) is 16.6 Å². The Morgan fingerprint density at radius 3 is 2.00 bits per heavy atom. The molecule has 90 valence electrons. The first-order chi connectivity index (χ1) is 6.92. The first-order valence-corrected chi connectivity index (χ1v) is 7.60. The molecule has 0 radical (unpaired) electrons. The van der Waals surface area contributed by atoms with Crippen LogP contribution in [-0.4, -0.2) is 22.1 Å². The van der Waals surface area contributed by atoms with Crippen LogP contribution in [0.25, 0.3) is 0 Å². The lowest BCUT2D eigenvalue weighted by molar-refractivity contribution is -0.127. The van der Waals surface area contributed by atoms with Crippen LogP contribution in [0.5, 0.6) is 0 Å². The van der Waals surface area contributed by atoms with E-state index >= 15 is 0 Å². The van der Waals surface area contributed by atoms with Crippen LogP contribution in [0.2, 0.25) is 0 Å². The Morgan fingerprint density at radius 1 is 1.27 bits per heavy atom. The molecule has 15 heavy (non-hydrogen) atoms. The molecule has 0 aliphatic rings. The number of nitrogens with one attached hydrogen (secondary N) is 1. The molecular weight excluding hydrogens is 322 g/mol. The van der Waals surface area contributed by atoms with Gasteiger partial charge in [-0.3, -0.25) is 4.79 Å². The highest BCUT2D eigenvalue weighted by atomic mass is 79.9. The molecule has 0 aliphatic heterocycles. The van der Waals surface area contributed by atoms with Gasteiger partial charge in [-0.25, -0.2) is 0 Å². The molecule has 0 aromatic carbocycles. The summed E-state index contributed by atoms with van der Waals surface area (Å²) in [6.07, 6.45) is 0.917. The van der Waals surface area contributed by atoms with Crippen molar-refractivity contribution >= 4 is 37.8 Å². The van der Waals surface area contributed by atoms with E-state index in [1.807, 2.05) is 6.92 Å². The van der Waals surface area contributed by atoms with E-state index in [9.17, 15) is 4.79 Å². The van der Waals surface area contributed by atoms with Gasteiger partial charge in [-0.1, -0.05) is 59.6 Å². The summed E-state index contributed by atoms with van der Waals surface area (Å²) in [5.41, 5.74) is -0.153. The van der Waals surface area contributed by atoms with Crippen molar-refractivity contribution in [2.45, 2.75) is 39.7 Å².